The zero-order valence-corrected chi connectivity index (χ0v) is 21.7. The number of hydrogen-bond donors (Lipinski definition) is 1. The number of benzene rings is 3. The van der Waals surface area contributed by atoms with Gasteiger partial charge in [0.15, 0.2) is 0 Å². The van der Waals surface area contributed by atoms with Gasteiger partial charge in [0, 0.05) is 23.3 Å². The first-order valence-corrected chi connectivity index (χ1v) is 13.0. The number of aryl methyl sites for hydroxylation is 1. The molecule has 0 amide bonds. The van der Waals surface area contributed by atoms with Crippen LogP contribution < -0.4 is 14.4 Å². The molecule has 4 rings (SSSR count). The van der Waals surface area contributed by atoms with E-state index in [1.807, 2.05) is 42.2 Å². The van der Waals surface area contributed by atoms with Gasteiger partial charge in [-0.3, -0.25) is 0 Å². The molecule has 0 saturated heterocycles. The van der Waals surface area contributed by atoms with E-state index in [4.69, 9.17) is 16.3 Å². The van der Waals surface area contributed by atoms with Crippen LogP contribution in [0.25, 0.3) is 0 Å². The van der Waals surface area contributed by atoms with Crippen molar-refractivity contribution in [2.24, 2.45) is 0 Å². The van der Waals surface area contributed by atoms with Crippen LogP contribution in [0, 0.1) is 0 Å². The van der Waals surface area contributed by atoms with Gasteiger partial charge in [-0.2, -0.15) is 17.6 Å². The maximum Gasteiger partial charge on any atom is 0.461 e. The summed E-state index contributed by atoms with van der Waals surface area (Å²) in [4.78, 5) is 2.00. The average Bonchev–Trinajstić information content (AvgIpc) is 2.89. The highest BCUT2D eigenvalue weighted by molar-refractivity contribution is 6.31. The first-order chi connectivity index (χ1) is 18.2. The molecular formula is C29H30ClF4NO3. The Hall–Kier alpha value is -2.97. The Bertz CT molecular complexity index is 1230. The van der Waals surface area contributed by atoms with Crippen LogP contribution >= 0.6 is 11.6 Å². The summed E-state index contributed by atoms with van der Waals surface area (Å²) in [6.07, 6.45) is -5.14. The van der Waals surface area contributed by atoms with Crippen molar-refractivity contribution >= 4 is 17.3 Å². The fourth-order valence-electron chi connectivity index (χ4n) is 4.71. The lowest BCUT2D eigenvalue weighted by Gasteiger charge is -2.39. The first kappa shape index (κ1) is 28.0. The Morgan fingerprint density at radius 1 is 0.974 bits per heavy atom. The van der Waals surface area contributed by atoms with Crippen molar-refractivity contribution in [3.63, 3.8) is 0 Å². The van der Waals surface area contributed by atoms with E-state index < -0.39 is 18.6 Å². The standard InChI is InChI=1S/C29H30ClF4NO3/c1-2-20-16-23(13-14-25(20)30)37-22-9-6-8-21(17-22)35(26-11-3-4-12-27(26)36)18-19-7-5-10-24(15-19)38-29(33,34)28(31)32/h5-10,13-17,26-28,36H,2-4,11-12,18H2,1H3. The number of hydrogen-bond acceptors (Lipinski definition) is 4. The van der Waals surface area contributed by atoms with Crippen LogP contribution in [0.15, 0.2) is 66.7 Å². The second kappa shape index (κ2) is 12.3. The maximum absolute atomic E-state index is 13.5. The number of halogens is 5. The van der Waals surface area contributed by atoms with Crippen LogP contribution in [0.5, 0.6) is 17.2 Å². The minimum absolute atomic E-state index is 0.228. The molecule has 1 aliphatic rings. The van der Waals surface area contributed by atoms with Gasteiger partial charge in [-0.25, -0.2) is 0 Å². The van der Waals surface area contributed by atoms with Gasteiger partial charge in [-0.1, -0.05) is 49.6 Å². The lowest BCUT2D eigenvalue weighted by Crippen LogP contribution is -2.45. The molecule has 38 heavy (non-hydrogen) atoms. The predicted octanol–water partition coefficient (Wildman–Crippen LogP) is 8.24. The second-order valence-electron chi connectivity index (χ2n) is 9.37. The minimum atomic E-state index is -4.59. The summed E-state index contributed by atoms with van der Waals surface area (Å²) >= 11 is 6.23. The van der Waals surface area contributed by atoms with Crippen molar-refractivity contribution in [1.29, 1.82) is 0 Å². The van der Waals surface area contributed by atoms with E-state index >= 15 is 0 Å². The molecule has 0 spiro atoms. The van der Waals surface area contributed by atoms with Crippen LogP contribution in [0.4, 0.5) is 23.2 Å². The smallest absolute Gasteiger partial charge is 0.457 e. The molecule has 1 fully saturated rings. The SMILES string of the molecule is CCc1cc(Oc2cccc(N(Cc3cccc(OC(F)(F)C(F)F)c3)C3CCCCC3O)c2)ccc1Cl. The molecule has 0 radical (unpaired) electrons. The first-order valence-electron chi connectivity index (χ1n) is 12.6. The molecule has 3 aromatic carbocycles. The molecule has 9 heteroatoms. The van der Waals surface area contributed by atoms with Crippen LogP contribution in [-0.4, -0.2) is 29.8 Å². The molecule has 2 atom stereocenters. The van der Waals surface area contributed by atoms with E-state index in [0.29, 0.717) is 28.5 Å². The number of nitrogens with zero attached hydrogens (tertiary/aromatic N) is 1. The molecule has 0 heterocycles. The molecular weight excluding hydrogens is 522 g/mol. The molecule has 1 saturated carbocycles. The van der Waals surface area contributed by atoms with Gasteiger partial charge in [0.05, 0.1) is 12.1 Å². The number of ether oxygens (including phenoxy) is 2. The molecule has 204 valence electrons. The van der Waals surface area contributed by atoms with Crippen LogP contribution in [0.2, 0.25) is 5.02 Å². The van der Waals surface area contributed by atoms with E-state index in [9.17, 15) is 22.7 Å². The summed E-state index contributed by atoms with van der Waals surface area (Å²) in [5, 5.41) is 11.5. The van der Waals surface area contributed by atoms with Crippen LogP contribution in [0.3, 0.4) is 0 Å². The average molecular weight is 552 g/mol. The zero-order valence-electron chi connectivity index (χ0n) is 20.9. The fourth-order valence-corrected chi connectivity index (χ4v) is 4.96. The third-order valence-corrected chi connectivity index (χ3v) is 7.01. The quantitative estimate of drug-likeness (QED) is 0.258. The van der Waals surface area contributed by atoms with E-state index in [2.05, 4.69) is 4.74 Å². The van der Waals surface area contributed by atoms with Crippen molar-refractivity contribution in [1.82, 2.24) is 0 Å². The highest BCUT2D eigenvalue weighted by Gasteiger charge is 2.44. The molecule has 2 unspecified atom stereocenters. The molecule has 4 nitrogen and oxygen atoms in total. The van der Waals surface area contributed by atoms with Crippen molar-refractivity contribution in [3.05, 3.63) is 82.9 Å². The summed E-state index contributed by atoms with van der Waals surface area (Å²) < 4.78 is 62.7. The van der Waals surface area contributed by atoms with E-state index in [0.717, 1.165) is 36.9 Å². The van der Waals surface area contributed by atoms with Gasteiger partial charge in [0.1, 0.15) is 17.2 Å². The van der Waals surface area contributed by atoms with E-state index in [-0.39, 0.29) is 18.3 Å². The largest absolute Gasteiger partial charge is 0.461 e. The second-order valence-corrected chi connectivity index (χ2v) is 9.77. The number of rotatable bonds is 10. The van der Waals surface area contributed by atoms with Gasteiger partial charge in [0.2, 0.25) is 0 Å². The molecule has 0 aliphatic heterocycles. The van der Waals surface area contributed by atoms with E-state index in [1.165, 1.54) is 18.2 Å². The van der Waals surface area contributed by atoms with Crippen molar-refractivity contribution < 1.29 is 32.1 Å². The molecule has 1 aliphatic carbocycles. The molecule has 0 bridgehead atoms. The number of alkyl halides is 4. The third-order valence-electron chi connectivity index (χ3n) is 6.64. The van der Waals surface area contributed by atoms with Crippen molar-refractivity contribution in [2.75, 3.05) is 4.90 Å². The Kier molecular flexibility index (Phi) is 9.05. The van der Waals surface area contributed by atoms with E-state index in [1.54, 1.807) is 18.2 Å². The maximum atomic E-state index is 13.5. The van der Waals surface area contributed by atoms with Crippen molar-refractivity contribution in [3.8, 4) is 17.2 Å². The normalized spacial score (nSPS) is 17.9. The summed E-state index contributed by atoms with van der Waals surface area (Å²) in [5.74, 6) is 0.858. The summed E-state index contributed by atoms with van der Waals surface area (Å²) in [6.45, 7) is 2.25. The fraction of sp³-hybridized carbons (Fsp3) is 0.379. The van der Waals surface area contributed by atoms with Gasteiger partial charge < -0.3 is 19.5 Å². The van der Waals surface area contributed by atoms with Crippen LogP contribution in [0.1, 0.15) is 43.7 Å². The Balaban J connectivity index is 1.62. The zero-order chi connectivity index (χ0) is 27.3. The summed E-state index contributed by atoms with van der Waals surface area (Å²) in [5.41, 5.74) is 2.30. The lowest BCUT2D eigenvalue weighted by molar-refractivity contribution is -0.253. The van der Waals surface area contributed by atoms with Crippen molar-refractivity contribution in [2.45, 2.75) is 70.3 Å². The summed E-state index contributed by atoms with van der Waals surface area (Å²) in [6, 6.07) is 18.4. The molecule has 0 aromatic heterocycles. The predicted molar refractivity (Wildman–Crippen MR) is 140 cm³/mol. The monoisotopic (exact) mass is 551 g/mol. The lowest BCUT2D eigenvalue weighted by atomic mass is 9.90. The van der Waals surface area contributed by atoms with Crippen LogP contribution in [-0.2, 0) is 13.0 Å². The topological polar surface area (TPSA) is 41.9 Å². The van der Waals surface area contributed by atoms with Gasteiger partial charge in [-0.15, -0.1) is 0 Å². The molecule has 3 aromatic rings. The Morgan fingerprint density at radius 3 is 2.42 bits per heavy atom. The number of anilines is 1. The number of aliphatic hydroxyl groups excluding tert-OH is 1. The molecule has 1 N–H and O–H groups in total. The number of aliphatic hydroxyl groups is 1. The van der Waals surface area contributed by atoms with Gasteiger partial charge in [0.25, 0.3) is 0 Å². The van der Waals surface area contributed by atoms with Gasteiger partial charge in [-0.05, 0) is 72.9 Å². The third kappa shape index (κ3) is 6.91. The Morgan fingerprint density at radius 2 is 1.68 bits per heavy atom. The highest BCUT2D eigenvalue weighted by Crippen LogP contribution is 2.34. The van der Waals surface area contributed by atoms with Gasteiger partial charge >= 0.3 is 12.5 Å². The minimum Gasteiger partial charge on any atom is -0.457 e. The summed E-state index contributed by atoms with van der Waals surface area (Å²) in [7, 11) is 0. The highest BCUT2D eigenvalue weighted by atomic mass is 35.5. The Labute approximate surface area is 224 Å².